The standard InChI is InChI=1S/C21H27N5O3/c1-14(2)21-23-15(3)12-18(24-21)25-8-10-26(11-9-25)19(27)13-29-17-6-4-16(5-7-17)20(22)28/h4-7,12,14H,8-11,13H2,1-3H3,(H2,22,28). The van der Waals surface area contributed by atoms with Crippen LogP contribution in [0.5, 0.6) is 5.75 Å². The Hall–Kier alpha value is -3.16. The number of hydrogen-bond donors (Lipinski definition) is 1. The number of carbonyl (C=O) groups excluding carboxylic acids is 2. The van der Waals surface area contributed by atoms with E-state index < -0.39 is 5.91 Å². The van der Waals surface area contributed by atoms with Gasteiger partial charge in [0.05, 0.1) is 0 Å². The quantitative estimate of drug-likeness (QED) is 0.797. The second-order valence-corrected chi connectivity index (χ2v) is 7.43. The number of aryl methyl sites for hydroxylation is 1. The summed E-state index contributed by atoms with van der Waals surface area (Å²) in [4.78, 5) is 36.7. The molecule has 154 valence electrons. The zero-order valence-corrected chi connectivity index (χ0v) is 17.1. The number of piperazine rings is 1. The molecule has 0 saturated carbocycles. The Kier molecular flexibility index (Phi) is 6.31. The minimum atomic E-state index is -0.495. The lowest BCUT2D eigenvalue weighted by Crippen LogP contribution is -2.50. The summed E-state index contributed by atoms with van der Waals surface area (Å²) in [6.07, 6.45) is 0. The lowest BCUT2D eigenvalue weighted by atomic mass is 10.2. The van der Waals surface area contributed by atoms with Gasteiger partial charge in [-0.15, -0.1) is 0 Å². The van der Waals surface area contributed by atoms with Crippen LogP contribution in [0.2, 0.25) is 0 Å². The number of nitrogens with two attached hydrogens (primary N) is 1. The van der Waals surface area contributed by atoms with Gasteiger partial charge in [-0.1, -0.05) is 13.8 Å². The minimum absolute atomic E-state index is 0.0416. The van der Waals surface area contributed by atoms with Gasteiger partial charge in [-0.2, -0.15) is 0 Å². The normalized spacial score (nSPS) is 14.2. The molecule has 1 aromatic carbocycles. The maximum Gasteiger partial charge on any atom is 0.260 e. The number of amides is 2. The van der Waals surface area contributed by atoms with E-state index in [2.05, 4.69) is 28.7 Å². The van der Waals surface area contributed by atoms with E-state index in [1.165, 1.54) is 0 Å². The molecular weight excluding hydrogens is 370 g/mol. The first-order chi connectivity index (χ1) is 13.8. The average molecular weight is 397 g/mol. The van der Waals surface area contributed by atoms with Crippen molar-refractivity contribution < 1.29 is 14.3 Å². The number of primary amides is 1. The van der Waals surface area contributed by atoms with E-state index in [4.69, 9.17) is 10.5 Å². The van der Waals surface area contributed by atoms with Gasteiger partial charge in [0.2, 0.25) is 5.91 Å². The smallest absolute Gasteiger partial charge is 0.260 e. The molecule has 29 heavy (non-hydrogen) atoms. The number of nitrogens with zero attached hydrogens (tertiary/aromatic N) is 4. The fourth-order valence-corrected chi connectivity index (χ4v) is 3.13. The van der Waals surface area contributed by atoms with Crippen molar-refractivity contribution in [1.82, 2.24) is 14.9 Å². The first-order valence-electron chi connectivity index (χ1n) is 9.74. The van der Waals surface area contributed by atoms with Crippen LogP contribution in [0, 0.1) is 6.92 Å². The minimum Gasteiger partial charge on any atom is -0.484 e. The van der Waals surface area contributed by atoms with Gasteiger partial charge in [0.25, 0.3) is 5.91 Å². The third kappa shape index (κ3) is 5.22. The average Bonchev–Trinajstić information content (AvgIpc) is 2.72. The number of carbonyl (C=O) groups is 2. The van der Waals surface area contributed by atoms with Crippen LogP contribution in [0.25, 0.3) is 0 Å². The fraction of sp³-hybridized carbons (Fsp3) is 0.429. The van der Waals surface area contributed by atoms with Crippen LogP contribution in [-0.2, 0) is 4.79 Å². The number of ether oxygens (including phenoxy) is 1. The second-order valence-electron chi connectivity index (χ2n) is 7.43. The van der Waals surface area contributed by atoms with E-state index in [9.17, 15) is 9.59 Å². The Morgan fingerprint density at radius 3 is 2.34 bits per heavy atom. The Labute approximate surface area is 170 Å². The van der Waals surface area contributed by atoms with Crippen molar-refractivity contribution in [2.45, 2.75) is 26.7 Å². The van der Waals surface area contributed by atoms with E-state index in [-0.39, 0.29) is 18.4 Å². The predicted octanol–water partition coefficient (Wildman–Crippen LogP) is 1.73. The van der Waals surface area contributed by atoms with Crippen molar-refractivity contribution >= 4 is 17.6 Å². The Balaban J connectivity index is 1.52. The summed E-state index contributed by atoms with van der Waals surface area (Å²) in [7, 11) is 0. The zero-order chi connectivity index (χ0) is 21.0. The molecule has 2 heterocycles. The van der Waals surface area contributed by atoms with Gasteiger partial charge in [-0.3, -0.25) is 9.59 Å². The summed E-state index contributed by atoms with van der Waals surface area (Å²) in [5.74, 6) is 1.99. The van der Waals surface area contributed by atoms with Crippen molar-refractivity contribution in [2.75, 3.05) is 37.7 Å². The molecule has 1 aliphatic heterocycles. The highest BCUT2D eigenvalue weighted by Gasteiger charge is 2.23. The van der Waals surface area contributed by atoms with Gasteiger partial charge >= 0.3 is 0 Å². The van der Waals surface area contributed by atoms with Crippen molar-refractivity contribution in [3.8, 4) is 5.75 Å². The maximum atomic E-state index is 12.5. The molecule has 8 heteroatoms. The third-order valence-electron chi connectivity index (χ3n) is 4.83. The first-order valence-corrected chi connectivity index (χ1v) is 9.74. The van der Waals surface area contributed by atoms with Crippen molar-refractivity contribution in [2.24, 2.45) is 5.73 Å². The Bertz CT molecular complexity index is 874. The summed E-state index contributed by atoms with van der Waals surface area (Å²) in [5, 5.41) is 0. The largest absolute Gasteiger partial charge is 0.484 e. The lowest BCUT2D eigenvalue weighted by molar-refractivity contribution is -0.133. The molecule has 1 aromatic heterocycles. The van der Waals surface area contributed by atoms with Gasteiger partial charge < -0.3 is 20.3 Å². The number of rotatable bonds is 6. The first kappa shape index (κ1) is 20.6. The zero-order valence-electron chi connectivity index (χ0n) is 17.1. The summed E-state index contributed by atoms with van der Waals surface area (Å²) in [6.45, 7) is 8.75. The molecule has 0 bridgehead atoms. The summed E-state index contributed by atoms with van der Waals surface area (Å²) >= 11 is 0. The van der Waals surface area contributed by atoms with Gasteiger partial charge in [-0.05, 0) is 31.2 Å². The number of benzene rings is 1. The lowest BCUT2D eigenvalue weighted by Gasteiger charge is -2.35. The van der Waals surface area contributed by atoms with E-state index >= 15 is 0 Å². The van der Waals surface area contributed by atoms with Gasteiger partial charge in [-0.25, -0.2) is 9.97 Å². The fourth-order valence-electron chi connectivity index (χ4n) is 3.13. The van der Waals surface area contributed by atoms with Gasteiger partial charge in [0.15, 0.2) is 6.61 Å². The van der Waals surface area contributed by atoms with Crippen LogP contribution in [-0.4, -0.2) is 59.5 Å². The number of anilines is 1. The van der Waals surface area contributed by atoms with Crippen LogP contribution in [0.3, 0.4) is 0 Å². The molecule has 0 aliphatic carbocycles. The SMILES string of the molecule is Cc1cc(N2CCN(C(=O)COc3ccc(C(N)=O)cc3)CC2)nc(C(C)C)n1. The molecule has 1 aliphatic rings. The van der Waals surface area contributed by atoms with E-state index in [0.717, 1.165) is 17.3 Å². The van der Waals surface area contributed by atoms with Crippen LogP contribution in [0.4, 0.5) is 5.82 Å². The predicted molar refractivity (Wildman–Crippen MR) is 110 cm³/mol. The van der Waals surface area contributed by atoms with Gasteiger partial charge in [0.1, 0.15) is 17.4 Å². The molecule has 1 saturated heterocycles. The molecule has 0 atom stereocenters. The van der Waals surface area contributed by atoms with E-state index in [1.807, 2.05) is 13.0 Å². The summed E-state index contributed by atoms with van der Waals surface area (Å²) in [6, 6.07) is 8.42. The van der Waals surface area contributed by atoms with E-state index in [1.54, 1.807) is 29.2 Å². The molecule has 8 nitrogen and oxygen atoms in total. The number of hydrogen-bond acceptors (Lipinski definition) is 6. The molecule has 0 unspecified atom stereocenters. The molecule has 2 amide bonds. The second kappa shape index (κ2) is 8.89. The van der Waals surface area contributed by atoms with Crippen molar-refractivity contribution in [3.05, 3.63) is 47.4 Å². The molecule has 3 rings (SSSR count). The maximum absolute atomic E-state index is 12.5. The monoisotopic (exact) mass is 397 g/mol. The molecule has 2 N–H and O–H groups in total. The van der Waals surface area contributed by atoms with Crippen molar-refractivity contribution in [1.29, 1.82) is 0 Å². The third-order valence-corrected chi connectivity index (χ3v) is 4.83. The van der Waals surface area contributed by atoms with E-state index in [0.29, 0.717) is 37.5 Å². The molecule has 1 fully saturated rings. The molecular formula is C21H27N5O3. The molecule has 2 aromatic rings. The number of aromatic nitrogens is 2. The Morgan fingerprint density at radius 2 is 1.76 bits per heavy atom. The van der Waals surface area contributed by atoms with Crippen LogP contribution in [0.1, 0.15) is 41.6 Å². The highest BCUT2D eigenvalue weighted by Crippen LogP contribution is 2.19. The van der Waals surface area contributed by atoms with Crippen molar-refractivity contribution in [3.63, 3.8) is 0 Å². The topological polar surface area (TPSA) is 102 Å². The van der Waals surface area contributed by atoms with Crippen LogP contribution < -0.4 is 15.4 Å². The Morgan fingerprint density at radius 1 is 1.10 bits per heavy atom. The molecule has 0 radical (unpaired) electrons. The summed E-state index contributed by atoms with van der Waals surface area (Å²) < 4.78 is 5.55. The summed E-state index contributed by atoms with van der Waals surface area (Å²) in [5.41, 5.74) is 6.57. The van der Waals surface area contributed by atoms with Gasteiger partial charge in [0, 0.05) is 49.4 Å². The van der Waals surface area contributed by atoms with Crippen LogP contribution in [0.15, 0.2) is 30.3 Å². The highest BCUT2D eigenvalue weighted by atomic mass is 16.5. The molecule has 0 spiro atoms. The highest BCUT2D eigenvalue weighted by molar-refractivity contribution is 5.92. The van der Waals surface area contributed by atoms with Crippen LogP contribution >= 0.6 is 0 Å².